The third-order valence-electron chi connectivity index (χ3n) is 4.11. The van der Waals surface area contributed by atoms with E-state index in [1.165, 1.54) is 32.1 Å². The third kappa shape index (κ3) is 5.08. The summed E-state index contributed by atoms with van der Waals surface area (Å²) >= 11 is 0. The van der Waals surface area contributed by atoms with Gasteiger partial charge in [-0.25, -0.2) is 9.59 Å². The molecule has 6 nitrogen and oxygen atoms in total. The summed E-state index contributed by atoms with van der Waals surface area (Å²) in [4.78, 5) is 35.7. The van der Waals surface area contributed by atoms with Gasteiger partial charge in [0.15, 0.2) is 6.61 Å². The molecule has 1 aliphatic carbocycles. The van der Waals surface area contributed by atoms with Crippen LogP contribution < -0.4 is 5.32 Å². The van der Waals surface area contributed by atoms with Crippen molar-refractivity contribution in [3.05, 3.63) is 35.4 Å². The first-order valence-corrected chi connectivity index (χ1v) is 8.25. The van der Waals surface area contributed by atoms with E-state index in [1.807, 2.05) is 0 Å². The second kappa shape index (κ2) is 9.05. The van der Waals surface area contributed by atoms with Gasteiger partial charge in [0.2, 0.25) is 0 Å². The normalized spacial score (nSPS) is 15.2. The molecule has 0 spiro atoms. The molecule has 0 aliphatic heterocycles. The van der Waals surface area contributed by atoms with Gasteiger partial charge in [-0.1, -0.05) is 37.8 Å². The molecule has 1 fully saturated rings. The van der Waals surface area contributed by atoms with E-state index >= 15 is 0 Å². The lowest BCUT2D eigenvalue weighted by Crippen LogP contribution is -2.37. The Labute approximate surface area is 141 Å². The second-order valence-electron chi connectivity index (χ2n) is 5.87. The molecule has 24 heavy (non-hydrogen) atoms. The zero-order valence-corrected chi connectivity index (χ0v) is 13.9. The molecule has 1 amide bonds. The Morgan fingerprint density at radius 1 is 1.00 bits per heavy atom. The van der Waals surface area contributed by atoms with Gasteiger partial charge in [-0.2, -0.15) is 0 Å². The van der Waals surface area contributed by atoms with Crippen molar-refractivity contribution < 1.29 is 23.9 Å². The van der Waals surface area contributed by atoms with Gasteiger partial charge in [0.25, 0.3) is 5.91 Å². The first-order chi connectivity index (χ1) is 11.6. The van der Waals surface area contributed by atoms with Crippen molar-refractivity contribution in [1.82, 2.24) is 5.32 Å². The lowest BCUT2D eigenvalue weighted by molar-refractivity contribution is -0.125. The topological polar surface area (TPSA) is 81.7 Å². The smallest absolute Gasteiger partial charge is 0.339 e. The van der Waals surface area contributed by atoms with Crippen LogP contribution in [-0.4, -0.2) is 37.6 Å². The van der Waals surface area contributed by atoms with E-state index in [0.29, 0.717) is 0 Å². The molecule has 2 rings (SSSR count). The molecule has 0 aromatic heterocycles. The lowest BCUT2D eigenvalue weighted by atomic mass is 10.1. The van der Waals surface area contributed by atoms with Crippen LogP contribution >= 0.6 is 0 Å². The van der Waals surface area contributed by atoms with Crippen molar-refractivity contribution in [3.63, 3.8) is 0 Å². The minimum absolute atomic E-state index is 0.0895. The first kappa shape index (κ1) is 18.0. The minimum atomic E-state index is -0.716. The zero-order valence-electron chi connectivity index (χ0n) is 13.9. The van der Waals surface area contributed by atoms with E-state index in [-0.39, 0.29) is 29.7 Å². The molecule has 0 bridgehead atoms. The number of methoxy groups -OCH3 is 1. The quantitative estimate of drug-likeness (QED) is 0.661. The molecule has 1 aliphatic rings. The van der Waals surface area contributed by atoms with Crippen LogP contribution in [0.4, 0.5) is 0 Å². The molecular formula is C18H23NO5. The highest BCUT2D eigenvalue weighted by molar-refractivity contribution is 6.03. The summed E-state index contributed by atoms with van der Waals surface area (Å²) in [6.07, 6.45) is 6.54. The fourth-order valence-corrected chi connectivity index (χ4v) is 2.85. The Hall–Kier alpha value is -2.37. The van der Waals surface area contributed by atoms with Gasteiger partial charge in [0, 0.05) is 6.04 Å². The Kier molecular flexibility index (Phi) is 6.78. The van der Waals surface area contributed by atoms with Gasteiger partial charge in [0.1, 0.15) is 0 Å². The predicted molar refractivity (Wildman–Crippen MR) is 87.7 cm³/mol. The number of amides is 1. The van der Waals surface area contributed by atoms with E-state index < -0.39 is 11.9 Å². The molecule has 0 unspecified atom stereocenters. The van der Waals surface area contributed by atoms with Crippen LogP contribution in [-0.2, 0) is 14.3 Å². The summed E-state index contributed by atoms with van der Waals surface area (Å²) < 4.78 is 9.68. The maximum absolute atomic E-state index is 12.1. The Balaban J connectivity index is 1.88. The predicted octanol–water partition coefficient (Wildman–Crippen LogP) is 2.47. The van der Waals surface area contributed by atoms with Crippen molar-refractivity contribution in [2.24, 2.45) is 0 Å². The molecule has 1 aromatic carbocycles. The number of carbonyl (C=O) groups is 3. The summed E-state index contributed by atoms with van der Waals surface area (Å²) in [7, 11) is 1.24. The van der Waals surface area contributed by atoms with Crippen molar-refractivity contribution in [1.29, 1.82) is 0 Å². The van der Waals surface area contributed by atoms with Gasteiger partial charge >= 0.3 is 11.9 Å². The molecule has 0 atom stereocenters. The highest BCUT2D eigenvalue weighted by atomic mass is 16.5. The molecule has 130 valence electrons. The van der Waals surface area contributed by atoms with E-state index in [1.54, 1.807) is 12.1 Å². The maximum atomic E-state index is 12.1. The van der Waals surface area contributed by atoms with Crippen LogP contribution in [0.3, 0.4) is 0 Å². The molecule has 6 heteroatoms. The summed E-state index contributed by atoms with van der Waals surface area (Å²) in [6, 6.07) is 6.35. The van der Waals surface area contributed by atoms with Crippen molar-refractivity contribution >= 4 is 17.8 Å². The van der Waals surface area contributed by atoms with Crippen molar-refractivity contribution in [3.8, 4) is 0 Å². The fraction of sp³-hybridized carbons (Fsp3) is 0.500. The molecule has 1 N–H and O–H groups in total. The second-order valence-corrected chi connectivity index (χ2v) is 5.87. The number of hydrogen-bond acceptors (Lipinski definition) is 5. The zero-order chi connectivity index (χ0) is 17.4. The van der Waals surface area contributed by atoms with Crippen LogP contribution in [0.25, 0.3) is 0 Å². The maximum Gasteiger partial charge on any atom is 0.339 e. The minimum Gasteiger partial charge on any atom is -0.465 e. The number of carbonyl (C=O) groups excluding carboxylic acids is 3. The molecule has 1 saturated carbocycles. The monoisotopic (exact) mass is 333 g/mol. The number of nitrogens with one attached hydrogen (secondary N) is 1. The van der Waals surface area contributed by atoms with E-state index in [2.05, 4.69) is 10.1 Å². The number of rotatable bonds is 5. The average Bonchev–Trinajstić information content (AvgIpc) is 2.87. The largest absolute Gasteiger partial charge is 0.465 e. The van der Waals surface area contributed by atoms with E-state index in [0.717, 1.165) is 25.7 Å². The number of esters is 2. The SMILES string of the molecule is COC(=O)c1ccccc1C(=O)OCC(=O)NC1CCCCCC1. The summed E-state index contributed by atoms with van der Waals surface area (Å²) in [5.41, 5.74) is 0.209. The summed E-state index contributed by atoms with van der Waals surface area (Å²) in [6.45, 7) is -0.356. The van der Waals surface area contributed by atoms with Gasteiger partial charge in [0.05, 0.1) is 18.2 Å². The highest BCUT2D eigenvalue weighted by Crippen LogP contribution is 2.17. The van der Waals surface area contributed by atoms with Crippen LogP contribution in [0, 0.1) is 0 Å². The van der Waals surface area contributed by atoms with Crippen LogP contribution in [0.1, 0.15) is 59.2 Å². The molecular weight excluding hydrogens is 310 g/mol. The van der Waals surface area contributed by atoms with Crippen molar-refractivity contribution in [2.45, 2.75) is 44.6 Å². The number of ether oxygens (including phenoxy) is 2. The highest BCUT2D eigenvalue weighted by Gasteiger charge is 2.20. The summed E-state index contributed by atoms with van der Waals surface area (Å²) in [5, 5.41) is 2.91. The Morgan fingerprint density at radius 2 is 1.58 bits per heavy atom. The van der Waals surface area contributed by atoms with Gasteiger partial charge < -0.3 is 14.8 Å². The fourth-order valence-electron chi connectivity index (χ4n) is 2.85. The lowest BCUT2D eigenvalue weighted by Gasteiger charge is -2.16. The van der Waals surface area contributed by atoms with E-state index in [4.69, 9.17) is 4.74 Å². The van der Waals surface area contributed by atoms with E-state index in [9.17, 15) is 14.4 Å². The van der Waals surface area contributed by atoms with Gasteiger partial charge in [-0.15, -0.1) is 0 Å². The van der Waals surface area contributed by atoms with Crippen molar-refractivity contribution in [2.75, 3.05) is 13.7 Å². The van der Waals surface area contributed by atoms with Crippen LogP contribution in [0.5, 0.6) is 0 Å². The molecule has 1 aromatic rings. The summed E-state index contributed by atoms with van der Waals surface area (Å²) in [5.74, 6) is -1.65. The molecule has 0 saturated heterocycles. The first-order valence-electron chi connectivity index (χ1n) is 8.25. The number of hydrogen-bond donors (Lipinski definition) is 1. The third-order valence-corrected chi connectivity index (χ3v) is 4.11. The number of benzene rings is 1. The average molecular weight is 333 g/mol. The standard InChI is InChI=1S/C18H23NO5/c1-23-17(21)14-10-6-7-11-15(14)18(22)24-12-16(20)19-13-8-4-2-3-5-9-13/h6-7,10-11,13H,2-5,8-9,12H2,1H3,(H,19,20). The van der Waals surface area contributed by atoms with Crippen LogP contribution in [0.2, 0.25) is 0 Å². The van der Waals surface area contributed by atoms with Crippen LogP contribution in [0.15, 0.2) is 24.3 Å². The Bertz CT molecular complexity index is 591. The van der Waals surface area contributed by atoms with Gasteiger partial charge in [-0.05, 0) is 25.0 Å². The molecule has 0 heterocycles. The van der Waals surface area contributed by atoms with Gasteiger partial charge in [-0.3, -0.25) is 4.79 Å². The Morgan fingerprint density at radius 3 is 2.17 bits per heavy atom. The molecule has 0 radical (unpaired) electrons.